The summed E-state index contributed by atoms with van der Waals surface area (Å²) in [6.07, 6.45) is 0. The average Bonchev–Trinajstić information content (AvgIpc) is 1.53. The van der Waals surface area contributed by atoms with Crippen LogP contribution in [-0.2, 0) is 20.0 Å². The molecule has 0 unspecified atom stereocenters. The fraction of sp³-hybridized carbons (Fsp3) is 1.00. The van der Waals surface area contributed by atoms with Crippen LogP contribution in [0.4, 0.5) is 0 Å². The second kappa shape index (κ2) is 4.79. The van der Waals surface area contributed by atoms with Crippen molar-refractivity contribution in [2.24, 2.45) is 11.8 Å². The molecule has 0 saturated carbocycles. The molecule has 0 radical (unpaired) electrons. The second-order valence-electron chi connectivity index (χ2n) is 5.36. The van der Waals surface area contributed by atoms with Crippen LogP contribution in [0.2, 0.25) is 17.7 Å². The zero-order valence-electron chi connectivity index (χ0n) is 9.07. The Balaban J connectivity index is 3.79. The first-order chi connectivity index (χ1) is 4.83. The maximum atomic E-state index is 2.60. The number of hydrogen-bond acceptors (Lipinski definition) is 0. The molecule has 68 valence electrons. The molecule has 0 aliphatic rings. The Labute approximate surface area is 77.1 Å². The van der Waals surface area contributed by atoms with Crippen LogP contribution in [0.25, 0.3) is 0 Å². The van der Waals surface area contributed by atoms with E-state index in [0.717, 1.165) is 11.8 Å². The Hall–Kier alpha value is 0.870. The number of rotatable bonds is 4. The molecule has 0 nitrogen and oxygen atoms in total. The molecule has 0 bridgehead atoms. The van der Waals surface area contributed by atoms with E-state index in [2.05, 4.69) is 37.1 Å². The third-order valence-corrected chi connectivity index (χ3v) is 15.7. The monoisotopic (exact) mass is 324 g/mol. The molecule has 0 atom stereocenters. The molecule has 0 aliphatic heterocycles. The molecular weight excluding hydrogens is 299 g/mol. The van der Waals surface area contributed by atoms with Crippen LogP contribution in [0.3, 0.4) is 0 Å². The minimum atomic E-state index is -1.65. The summed E-state index contributed by atoms with van der Waals surface area (Å²) in [4.78, 5) is 0. The van der Waals surface area contributed by atoms with Crippen molar-refractivity contribution in [3.8, 4) is 0 Å². The fourth-order valence-electron chi connectivity index (χ4n) is 2.29. The van der Waals surface area contributed by atoms with Gasteiger partial charge >= 0.3 is 77.2 Å². The van der Waals surface area contributed by atoms with Crippen molar-refractivity contribution in [2.45, 2.75) is 45.4 Å². The Morgan fingerprint density at radius 1 is 0.818 bits per heavy atom. The van der Waals surface area contributed by atoms with E-state index in [-0.39, 0.29) is 0 Å². The number of hydrogen-bond donors (Lipinski definition) is 0. The van der Waals surface area contributed by atoms with E-state index in [4.69, 9.17) is 0 Å². The van der Waals surface area contributed by atoms with Gasteiger partial charge in [-0.15, -0.1) is 0 Å². The van der Waals surface area contributed by atoms with Crippen molar-refractivity contribution >= 4 is 0 Å². The van der Waals surface area contributed by atoms with Gasteiger partial charge in [-0.1, -0.05) is 0 Å². The van der Waals surface area contributed by atoms with Gasteiger partial charge in [0.1, 0.15) is 0 Å². The summed E-state index contributed by atoms with van der Waals surface area (Å²) in [5.41, 5.74) is 0. The van der Waals surface area contributed by atoms with E-state index in [9.17, 15) is 0 Å². The zero-order valence-corrected chi connectivity index (χ0v) is 12.7. The summed E-state index contributed by atoms with van der Waals surface area (Å²) in [7, 11) is 0. The Kier molecular flexibility index (Phi) is 5.17. The van der Waals surface area contributed by atoms with Gasteiger partial charge in [-0.3, -0.25) is 0 Å². The van der Waals surface area contributed by atoms with Gasteiger partial charge in [0.05, 0.1) is 0 Å². The molecule has 0 heterocycles. The van der Waals surface area contributed by atoms with E-state index < -0.39 is 20.0 Å². The molecule has 0 spiro atoms. The predicted molar refractivity (Wildman–Crippen MR) is 51.0 cm³/mol. The fourth-order valence-corrected chi connectivity index (χ4v) is 18.8. The third-order valence-electron chi connectivity index (χ3n) is 1.92. The van der Waals surface area contributed by atoms with E-state index in [1.165, 1.54) is 0 Å². The molecule has 11 heavy (non-hydrogen) atoms. The summed E-state index contributed by atoms with van der Waals surface area (Å²) in [5.74, 6) is 1.87. The molecule has 0 N–H and O–H groups in total. The van der Waals surface area contributed by atoms with Crippen LogP contribution in [0.5, 0.6) is 0 Å². The van der Waals surface area contributed by atoms with Crippen molar-refractivity contribution in [3.63, 3.8) is 0 Å². The molecule has 0 saturated heterocycles. The zero-order chi connectivity index (χ0) is 9.07. The summed E-state index contributed by atoms with van der Waals surface area (Å²) in [6.45, 7) is 9.45. The summed E-state index contributed by atoms with van der Waals surface area (Å²) in [5, 5.41) is 0. The predicted octanol–water partition coefficient (Wildman–Crippen LogP) is 4.39. The van der Waals surface area contributed by atoms with Crippen LogP contribution >= 0.6 is 0 Å². The van der Waals surface area contributed by atoms with Gasteiger partial charge in [0.2, 0.25) is 0 Å². The molecule has 0 amide bonds. The van der Waals surface area contributed by atoms with Crippen molar-refractivity contribution in [1.82, 2.24) is 0 Å². The molecule has 0 fully saturated rings. The molecule has 0 aliphatic carbocycles. The van der Waals surface area contributed by atoms with Crippen molar-refractivity contribution < 1.29 is 20.0 Å². The first kappa shape index (κ1) is 11.9. The van der Waals surface area contributed by atoms with E-state index >= 15 is 0 Å². The first-order valence-corrected chi connectivity index (χ1v) is 17.1. The first-order valence-electron chi connectivity index (χ1n) is 4.83. The molecule has 0 aromatic heterocycles. The van der Waals surface area contributed by atoms with Crippen LogP contribution in [0, 0.1) is 11.8 Å². The molecular formula is C10H24Hf. The van der Waals surface area contributed by atoms with E-state index in [1.54, 1.807) is 8.35 Å². The van der Waals surface area contributed by atoms with Gasteiger partial charge in [0, 0.05) is 0 Å². The Bertz CT molecular complexity index is 91.4. The minimum absolute atomic E-state index is 0.936. The van der Waals surface area contributed by atoms with Crippen LogP contribution in [-0.4, -0.2) is 0 Å². The van der Waals surface area contributed by atoms with Crippen molar-refractivity contribution in [3.05, 3.63) is 0 Å². The maximum absolute atomic E-state index is 2.60. The normalized spacial score (nSPS) is 13.1. The van der Waals surface area contributed by atoms with Gasteiger partial charge in [0.25, 0.3) is 0 Å². The van der Waals surface area contributed by atoms with Crippen LogP contribution in [0.15, 0.2) is 0 Å². The van der Waals surface area contributed by atoms with Gasteiger partial charge in [-0.2, -0.15) is 0 Å². The quantitative estimate of drug-likeness (QED) is 0.674. The Morgan fingerprint density at radius 3 is 1.27 bits per heavy atom. The summed E-state index contributed by atoms with van der Waals surface area (Å²) < 4.78 is 8.36. The van der Waals surface area contributed by atoms with Crippen LogP contribution < -0.4 is 0 Å². The average molecular weight is 323 g/mol. The third kappa shape index (κ3) is 7.24. The van der Waals surface area contributed by atoms with E-state index in [0.29, 0.717) is 0 Å². The topological polar surface area (TPSA) is 0 Å². The molecule has 0 aromatic carbocycles. The Morgan fingerprint density at radius 2 is 1.09 bits per heavy atom. The molecule has 0 rings (SSSR count). The van der Waals surface area contributed by atoms with Crippen molar-refractivity contribution in [2.75, 3.05) is 0 Å². The van der Waals surface area contributed by atoms with Gasteiger partial charge in [-0.25, -0.2) is 0 Å². The van der Waals surface area contributed by atoms with Crippen molar-refractivity contribution in [1.29, 1.82) is 0 Å². The van der Waals surface area contributed by atoms with Gasteiger partial charge in [-0.05, 0) is 0 Å². The van der Waals surface area contributed by atoms with Gasteiger partial charge in [0.15, 0.2) is 0 Å². The molecule has 0 aromatic rings. The SMILES string of the molecule is CC(C)[CH2][Hf]([CH3])([CH3])[CH2]C(C)C. The standard InChI is InChI=1S/2C4H9.2CH3.Hf/c2*1-4(2)3;;;/h2*4H,1H2,2-3H3;2*1H3;. The van der Waals surface area contributed by atoms with E-state index in [1.807, 2.05) is 0 Å². The van der Waals surface area contributed by atoms with Gasteiger partial charge < -0.3 is 0 Å². The summed E-state index contributed by atoms with van der Waals surface area (Å²) in [6, 6.07) is 0. The summed E-state index contributed by atoms with van der Waals surface area (Å²) >= 11 is -1.65. The van der Waals surface area contributed by atoms with Crippen LogP contribution in [0.1, 0.15) is 27.7 Å². The molecule has 1 heteroatoms. The second-order valence-corrected chi connectivity index (χ2v) is 23.8.